The number of carbonyl (C=O) groups is 1. The molecule has 0 atom stereocenters. The molecule has 2 aromatic carbocycles. The van der Waals surface area contributed by atoms with Crippen molar-refractivity contribution < 1.29 is 9.53 Å². The molecule has 0 radical (unpaired) electrons. The maximum absolute atomic E-state index is 12.0. The standard InChI is InChI=1S/C19H23NO2S/c1-15-8-6-9-16(2)19(15)20-18(21)14-23-13-7-12-22-17-10-4-3-5-11-17/h3-6,8-11H,7,12-14H2,1-2H3,(H,20,21). The van der Waals surface area contributed by atoms with Crippen molar-refractivity contribution in [3.8, 4) is 5.75 Å². The van der Waals surface area contributed by atoms with Gasteiger partial charge in [0.1, 0.15) is 5.75 Å². The van der Waals surface area contributed by atoms with Gasteiger partial charge in [-0.2, -0.15) is 11.8 Å². The molecule has 0 aliphatic rings. The van der Waals surface area contributed by atoms with Crippen LogP contribution in [0.25, 0.3) is 0 Å². The van der Waals surface area contributed by atoms with Crippen LogP contribution >= 0.6 is 11.8 Å². The van der Waals surface area contributed by atoms with Gasteiger partial charge in [-0.25, -0.2) is 0 Å². The minimum absolute atomic E-state index is 0.0522. The van der Waals surface area contributed by atoms with Crippen LogP contribution in [0, 0.1) is 13.8 Å². The number of rotatable bonds is 8. The highest BCUT2D eigenvalue weighted by molar-refractivity contribution is 7.99. The van der Waals surface area contributed by atoms with E-state index < -0.39 is 0 Å². The average Bonchev–Trinajstić information content (AvgIpc) is 2.55. The molecule has 2 aromatic rings. The molecule has 2 rings (SSSR count). The lowest BCUT2D eigenvalue weighted by Gasteiger charge is -2.11. The fourth-order valence-electron chi connectivity index (χ4n) is 2.22. The smallest absolute Gasteiger partial charge is 0.234 e. The first-order valence-corrected chi connectivity index (χ1v) is 8.94. The summed E-state index contributed by atoms with van der Waals surface area (Å²) in [6.45, 7) is 4.70. The van der Waals surface area contributed by atoms with Gasteiger partial charge < -0.3 is 10.1 Å². The number of carbonyl (C=O) groups excluding carboxylic acids is 1. The van der Waals surface area contributed by atoms with Gasteiger partial charge in [0.05, 0.1) is 12.4 Å². The van der Waals surface area contributed by atoms with E-state index in [1.807, 2.05) is 62.4 Å². The predicted molar refractivity (Wildman–Crippen MR) is 98.4 cm³/mol. The van der Waals surface area contributed by atoms with E-state index in [0.717, 1.165) is 34.7 Å². The van der Waals surface area contributed by atoms with Gasteiger partial charge in [-0.1, -0.05) is 36.4 Å². The minimum atomic E-state index is 0.0522. The summed E-state index contributed by atoms with van der Waals surface area (Å²) in [5.74, 6) is 2.33. The summed E-state index contributed by atoms with van der Waals surface area (Å²) in [6.07, 6.45) is 0.927. The zero-order chi connectivity index (χ0) is 16.5. The lowest BCUT2D eigenvalue weighted by Crippen LogP contribution is -2.16. The SMILES string of the molecule is Cc1cccc(C)c1NC(=O)CSCCCOc1ccccc1. The largest absolute Gasteiger partial charge is 0.494 e. The first-order chi connectivity index (χ1) is 11.2. The average molecular weight is 329 g/mol. The number of benzene rings is 2. The third kappa shape index (κ3) is 5.99. The van der Waals surface area contributed by atoms with Crippen molar-refractivity contribution in [2.24, 2.45) is 0 Å². The number of ether oxygens (including phenoxy) is 1. The molecule has 0 aliphatic carbocycles. The van der Waals surface area contributed by atoms with Crippen LogP contribution in [-0.2, 0) is 4.79 Å². The third-order valence-electron chi connectivity index (χ3n) is 3.42. The molecule has 0 saturated heterocycles. The number of thioether (sulfide) groups is 1. The van der Waals surface area contributed by atoms with Crippen molar-refractivity contribution in [2.45, 2.75) is 20.3 Å². The van der Waals surface area contributed by atoms with Crippen molar-refractivity contribution in [2.75, 3.05) is 23.4 Å². The van der Waals surface area contributed by atoms with Crippen LogP contribution in [0.4, 0.5) is 5.69 Å². The van der Waals surface area contributed by atoms with E-state index in [9.17, 15) is 4.79 Å². The Balaban J connectivity index is 1.62. The lowest BCUT2D eigenvalue weighted by atomic mass is 10.1. The molecule has 23 heavy (non-hydrogen) atoms. The Kier molecular flexibility index (Phi) is 7.01. The summed E-state index contributed by atoms with van der Waals surface area (Å²) < 4.78 is 5.63. The molecule has 0 spiro atoms. The van der Waals surface area contributed by atoms with Crippen molar-refractivity contribution in [3.63, 3.8) is 0 Å². The Morgan fingerprint density at radius 3 is 2.43 bits per heavy atom. The maximum Gasteiger partial charge on any atom is 0.234 e. The predicted octanol–water partition coefficient (Wildman–Crippen LogP) is 4.44. The van der Waals surface area contributed by atoms with Crippen molar-refractivity contribution in [1.29, 1.82) is 0 Å². The first-order valence-electron chi connectivity index (χ1n) is 7.78. The molecular weight excluding hydrogens is 306 g/mol. The zero-order valence-electron chi connectivity index (χ0n) is 13.7. The lowest BCUT2D eigenvalue weighted by molar-refractivity contribution is -0.113. The van der Waals surface area contributed by atoms with Gasteiger partial charge in [0.15, 0.2) is 0 Å². The number of hydrogen-bond donors (Lipinski definition) is 1. The van der Waals surface area contributed by atoms with Crippen LogP contribution in [0.2, 0.25) is 0 Å². The van der Waals surface area contributed by atoms with E-state index in [0.29, 0.717) is 12.4 Å². The summed E-state index contributed by atoms with van der Waals surface area (Å²) in [6, 6.07) is 15.8. The number of anilines is 1. The summed E-state index contributed by atoms with van der Waals surface area (Å²) >= 11 is 1.64. The second-order valence-corrected chi connectivity index (χ2v) is 6.49. The third-order valence-corrected chi connectivity index (χ3v) is 4.47. The fraction of sp³-hybridized carbons (Fsp3) is 0.316. The molecular formula is C19H23NO2S. The van der Waals surface area contributed by atoms with E-state index >= 15 is 0 Å². The van der Waals surface area contributed by atoms with E-state index in [1.54, 1.807) is 11.8 Å². The monoisotopic (exact) mass is 329 g/mol. The summed E-state index contributed by atoms with van der Waals surface area (Å²) in [7, 11) is 0. The van der Waals surface area contributed by atoms with Gasteiger partial charge in [-0.05, 0) is 49.3 Å². The molecule has 3 nitrogen and oxygen atoms in total. The molecule has 0 heterocycles. The van der Waals surface area contributed by atoms with E-state index in [-0.39, 0.29) is 5.91 Å². The Labute approximate surface area is 142 Å². The molecule has 4 heteroatoms. The van der Waals surface area contributed by atoms with Crippen molar-refractivity contribution in [3.05, 3.63) is 59.7 Å². The van der Waals surface area contributed by atoms with Gasteiger partial charge in [-0.3, -0.25) is 4.79 Å². The van der Waals surface area contributed by atoms with E-state index in [2.05, 4.69) is 5.32 Å². The highest BCUT2D eigenvalue weighted by Gasteiger charge is 2.07. The van der Waals surface area contributed by atoms with Crippen molar-refractivity contribution in [1.82, 2.24) is 0 Å². The minimum Gasteiger partial charge on any atom is -0.494 e. The fourth-order valence-corrected chi connectivity index (χ4v) is 2.94. The molecule has 122 valence electrons. The van der Waals surface area contributed by atoms with Gasteiger partial charge in [0, 0.05) is 5.69 Å². The Bertz CT molecular complexity index is 608. The Morgan fingerprint density at radius 2 is 1.74 bits per heavy atom. The van der Waals surface area contributed by atoms with Crippen LogP contribution in [0.3, 0.4) is 0 Å². The highest BCUT2D eigenvalue weighted by Crippen LogP contribution is 2.19. The summed E-state index contributed by atoms with van der Waals surface area (Å²) in [5.41, 5.74) is 3.13. The van der Waals surface area contributed by atoms with Crippen LogP contribution in [0.1, 0.15) is 17.5 Å². The zero-order valence-corrected chi connectivity index (χ0v) is 14.5. The topological polar surface area (TPSA) is 38.3 Å². The molecule has 1 amide bonds. The first kappa shape index (κ1) is 17.4. The Morgan fingerprint density at radius 1 is 1.04 bits per heavy atom. The number of amides is 1. The second kappa shape index (κ2) is 9.26. The molecule has 0 aromatic heterocycles. The van der Waals surface area contributed by atoms with Crippen LogP contribution in [0.5, 0.6) is 5.75 Å². The van der Waals surface area contributed by atoms with Gasteiger partial charge in [-0.15, -0.1) is 0 Å². The molecule has 0 aliphatic heterocycles. The molecule has 0 fully saturated rings. The summed E-state index contributed by atoms with van der Waals surface area (Å²) in [4.78, 5) is 12.0. The van der Waals surface area contributed by atoms with Gasteiger partial charge >= 0.3 is 0 Å². The normalized spacial score (nSPS) is 10.3. The maximum atomic E-state index is 12.0. The van der Waals surface area contributed by atoms with E-state index in [1.165, 1.54) is 0 Å². The highest BCUT2D eigenvalue weighted by atomic mass is 32.2. The molecule has 0 saturated carbocycles. The summed E-state index contributed by atoms with van der Waals surface area (Å²) in [5, 5.41) is 3.00. The van der Waals surface area contributed by atoms with Gasteiger partial charge in [0.2, 0.25) is 5.91 Å². The van der Waals surface area contributed by atoms with Crippen LogP contribution in [0.15, 0.2) is 48.5 Å². The molecule has 1 N–H and O–H groups in total. The second-order valence-electron chi connectivity index (χ2n) is 5.38. The van der Waals surface area contributed by atoms with Crippen LogP contribution < -0.4 is 10.1 Å². The number of aryl methyl sites for hydroxylation is 2. The van der Waals surface area contributed by atoms with Gasteiger partial charge in [0.25, 0.3) is 0 Å². The molecule has 0 unspecified atom stereocenters. The number of hydrogen-bond acceptors (Lipinski definition) is 3. The number of nitrogens with one attached hydrogen (secondary N) is 1. The number of para-hydroxylation sites is 2. The molecule has 0 bridgehead atoms. The van der Waals surface area contributed by atoms with E-state index in [4.69, 9.17) is 4.74 Å². The Hall–Kier alpha value is -1.94. The quantitative estimate of drug-likeness (QED) is 0.727. The van der Waals surface area contributed by atoms with Crippen molar-refractivity contribution >= 4 is 23.4 Å². The van der Waals surface area contributed by atoms with Crippen LogP contribution in [-0.4, -0.2) is 24.0 Å².